The number of aromatic amines is 1. The first-order valence-corrected chi connectivity index (χ1v) is 11.8. The minimum absolute atomic E-state index is 0.123. The molecule has 2 aliphatic heterocycles. The van der Waals surface area contributed by atoms with Gasteiger partial charge < -0.3 is 23.5 Å². The van der Waals surface area contributed by atoms with Crippen LogP contribution >= 0.6 is 0 Å². The first-order chi connectivity index (χ1) is 18.3. The maximum atomic E-state index is 12.6. The van der Waals surface area contributed by atoms with E-state index in [4.69, 9.17) is 18.9 Å². The van der Waals surface area contributed by atoms with E-state index in [0.717, 1.165) is 38.8 Å². The SMILES string of the molecule is CC(=O)OC[C@@H](OC(C)=O)[C@H](OC(C)=O)[C@@H](Cn1c2nc(=O)[nH]c(=O)c-2nc2cc(C)c(C)cc21)OC(C)=O. The van der Waals surface area contributed by atoms with Crippen LogP contribution in [0, 0.1) is 13.8 Å². The Morgan fingerprint density at radius 2 is 1.44 bits per heavy atom. The molecule has 0 fully saturated rings. The lowest BCUT2D eigenvalue weighted by Crippen LogP contribution is -2.49. The van der Waals surface area contributed by atoms with Gasteiger partial charge in [0.05, 0.1) is 17.6 Å². The van der Waals surface area contributed by atoms with E-state index in [1.165, 1.54) is 4.57 Å². The molecule has 0 unspecified atom stereocenters. The standard InChI is InChI=1S/C25H28N4O10/c1-11-7-17-18(8-12(11)2)29(23-21(26-17)24(34)28-25(35)27-23)9-19(37-14(4)31)22(39-16(6)33)20(38-15(5)32)10-36-13(3)30/h7-8,19-20,22H,9-10H2,1-6H3,(H,28,34,35)/t19-,20-,22-/m1/s1. The van der Waals surface area contributed by atoms with Crippen LogP contribution < -0.4 is 11.2 Å². The van der Waals surface area contributed by atoms with E-state index >= 15 is 0 Å². The predicted molar refractivity (Wildman–Crippen MR) is 134 cm³/mol. The number of H-pyrrole nitrogens is 1. The number of rotatable bonds is 9. The van der Waals surface area contributed by atoms with Gasteiger partial charge in [0.1, 0.15) is 6.61 Å². The van der Waals surface area contributed by atoms with Crippen molar-refractivity contribution in [3.63, 3.8) is 0 Å². The summed E-state index contributed by atoms with van der Waals surface area (Å²) in [4.78, 5) is 82.8. The number of nitrogens with zero attached hydrogens (tertiary/aromatic N) is 3. The Kier molecular flexibility index (Phi) is 8.78. The third-order valence-corrected chi connectivity index (χ3v) is 5.71. The number of hydrogen-bond donors (Lipinski definition) is 1. The van der Waals surface area contributed by atoms with Gasteiger partial charge in [-0.3, -0.25) is 29.0 Å². The Morgan fingerprint density at radius 1 is 0.846 bits per heavy atom. The minimum Gasteiger partial charge on any atom is -0.462 e. The molecular formula is C25H28N4O10. The fourth-order valence-corrected chi connectivity index (χ4v) is 4.03. The molecule has 2 aliphatic rings. The van der Waals surface area contributed by atoms with Crippen LogP contribution in [0.5, 0.6) is 0 Å². The van der Waals surface area contributed by atoms with Crippen molar-refractivity contribution in [1.29, 1.82) is 0 Å². The monoisotopic (exact) mass is 544 g/mol. The number of fused-ring (bicyclic) bond motifs is 2. The first kappa shape index (κ1) is 28.9. The summed E-state index contributed by atoms with van der Waals surface area (Å²) < 4.78 is 22.7. The van der Waals surface area contributed by atoms with E-state index in [1.807, 2.05) is 13.8 Å². The Morgan fingerprint density at radius 3 is 2.03 bits per heavy atom. The summed E-state index contributed by atoms with van der Waals surface area (Å²) in [5.74, 6) is -3.20. The number of carbonyl (C=O) groups is 4. The van der Waals surface area contributed by atoms with Crippen molar-refractivity contribution in [2.45, 2.75) is 66.4 Å². The Hall–Kier alpha value is -4.62. The molecule has 0 aromatic heterocycles. The van der Waals surface area contributed by atoms with Gasteiger partial charge in [0.15, 0.2) is 29.8 Å². The van der Waals surface area contributed by atoms with E-state index in [9.17, 15) is 28.8 Å². The fraction of sp³-hybridized carbons (Fsp3) is 0.440. The Labute approximate surface area is 221 Å². The zero-order valence-electron chi connectivity index (χ0n) is 22.2. The normalized spacial score (nSPS) is 13.4. The summed E-state index contributed by atoms with van der Waals surface area (Å²) in [6.45, 7) is 7.29. The van der Waals surface area contributed by atoms with Crippen LogP contribution in [0.15, 0.2) is 21.7 Å². The average Bonchev–Trinajstić information content (AvgIpc) is 2.80. The van der Waals surface area contributed by atoms with E-state index in [0.29, 0.717) is 11.0 Å². The van der Waals surface area contributed by atoms with Crippen molar-refractivity contribution < 1.29 is 38.1 Å². The molecule has 1 N–H and O–H groups in total. The second kappa shape index (κ2) is 11.8. The number of esters is 4. The topological polar surface area (TPSA) is 186 Å². The third kappa shape index (κ3) is 7.03. The van der Waals surface area contributed by atoms with E-state index in [2.05, 4.69) is 15.0 Å². The molecule has 3 atom stereocenters. The van der Waals surface area contributed by atoms with Crippen LogP contribution in [0.4, 0.5) is 0 Å². The lowest BCUT2D eigenvalue weighted by molar-refractivity contribution is -0.190. The lowest BCUT2D eigenvalue weighted by Gasteiger charge is -2.32. The van der Waals surface area contributed by atoms with E-state index < -0.39 is 60.0 Å². The maximum absolute atomic E-state index is 12.6. The number of ether oxygens (including phenoxy) is 4. The van der Waals surface area contributed by atoms with Crippen LogP contribution in [-0.4, -0.2) is 68.3 Å². The molecule has 0 amide bonds. The number of aryl methyl sites for hydroxylation is 2. The summed E-state index contributed by atoms with van der Waals surface area (Å²) >= 11 is 0. The highest BCUT2D eigenvalue weighted by atomic mass is 16.6. The minimum atomic E-state index is -1.47. The zero-order valence-corrected chi connectivity index (χ0v) is 22.2. The molecule has 0 aliphatic carbocycles. The molecule has 1 aromatic carbocycles. The Balaban J connectivity index is 2.28. The van der Waals surface area contributed by atoms with Gasteiger partial charge in [-0.2, -0.15) is 4.98 Å². The van der Waals surface area contributed by atoms with Gasteiger partial charge >= 0.3 is 29.6 Å². The largest absolute Gasteiger partial charge is 0.462 e. The van der Waals surface area contributed by atoms with Crippen molar-refractivity contribution in [2.24, 2.45) is 0 Å². The molecule has 0 saturated heterocycles. The third-order valence-electron chi connectivity index (χ3n) is 5.71. The highest BCUT2D eigenvalue weighted by Crippen LogP contribution is 2.26. The van der Waals surface area contributed by atoms with Gasteiger partial charge in [-0.05, 0) is 37.1 Å². The van der Waals surface area contributed by atoms with Crippen molar-refractivity contribution >= 4 is 34.9 Å². The smallest absolute Gasteiger partial charge is 0.349 e. The molecule has 0 bridgehead atoms. The van der Waals surface area contributed by atoms with Crippen molar-refractivity contribution in [1.82, 2.24) is 19.5 Å². The van der Waals surface area contributed by atoms with Gasteiger partial charge in [-0.15, -0.1) is 0 Å². The molecule has 0 saturated carbocycles. The number of aromatic nitrogens is 4. The van der Waals surface area contributed by atoms with Gasteiger partial charge in [0, 0.05) is 27.7 Å². The highest BCUT2D eigenvalue weighted by molar-refractivity contribution is 5.81. The summed E-state index contributed by atoms with van der Waals surface area (Å²) in [6, 6.07) is 3.48. The number of nitrogens with one attached hydrogen (secondary N) is 1. The quantitative estimate of drug-likeness (QED) is 0.224. The summed E-state index contributed by atoms with van der Waals surface area (Å²) in [5, 5.41) is 0. The zero-order chi connectivity index (χ0) is 29.0. The van der Waals surface area contributed by atoms with Crippen molar-refractivity contribution in [2.75, 3.05) is 6.61 Å². The molecule has 14 nitrogen and oxygen atoms in total. The van der Waals surface area contributed by atoms with Crippen LogP contribution in [0.25, 0.3) is 22.6 Å². The lowest BCUT2D eigenvalue weighted by atomic mass is 10.1. The molecular weight excluding hydrogens is 516 g/mol. The molecule has 1 aromatic rings. The van der Waals surface area contributed by atoms with E-state index in [1.54, 1.807) is 12.1 Å². The summed E-state index contributed by atoms with van der Waals surface area (Å²) in [7, 11) is 0. The maximum Gasteiger partial charge on any atom is 0.349 e. The van der Waals surface area contributed by atoms with Gasteiger partial charge in [-0.1, -0.05) is 0 Å². The molecule has 0 spiro atoms. The first-order valence-electron chi connectivity index (χ1n) is 11.8. The number of hydrogen-bond acceptors (Lipinski definition) is 12. The second-order valence-corrected chi connectivity index (χ2v) is 8.86. The fourth-order valence-electron chi connectivity index (χ4n) is 4.03. The second-order valence-electron chi connectivity index (χ2n) is 8.86. The van der Waals surface area contributed by atoms with Crippen LogP contribution in [0.3, 0.4) is 0 Å². The summed E-state index contributed by atoms with van der Waals surface area (Å²) in [6.07, 6.45) is -4.22. The predicted octanol–water partition coefficient (Wildman–Crippen LogP) is 0.560. The molecule has 0 radical (unpaired) electrons. The average molecular weight is 545 g/mol. The summed E-state index contributed by atoms with van der Waals surface area (Å²) in [5.41, 5.74) is 0.637. The van der Waals surface area contributed by atoms with Crippen LogP contribution in [0.1, 0.15) is 38.8 Å². The van der Waals surface area contributed by atoms with Crippen LogP contribution in [-0.2, 0) is 44.7 Å². The number of carbonyl (C=O) groups excluding carboxylic acids is 4. The molecule has 208 valence electrons. The highest BCUT2D eigenvalue weighted by Gasteiger charge is 2.39. The van der Waals surface area contributed by atoms with Crippen molar-refractivity contribution in [3.8, 4) is 11.5 Å². The molecule has 39 heavy (non-hydrogen) atoms. The van der Waals surface area contributed by atoms with Gasteiger partial charge in [0.25, 0.3) is 5.56 Å². The van der Waals surface area contributed by atoms with Crippen molar-refractivity contribution in [3.05, 3.63) is 44.1 Å². The van der Waals surface area contributed by atoms with Gasteiger partial charge in [-0.25, -0.2) is 9.78 Å². The molecule has 2 heterocycles. The molecule has 3 rings (SSSR count). The Bertz CT molecular complexity index is 1530. The van der Waals surface area contributed by atoms with Gasteiger partial charge in [0.2, 0.25) is 0 Å². The molecule has 14 heteroatoms. The number of benzene rings is 1. The van der Waals surface area contributed by atoms with Crippen LogP contribution in [0.2, 0.25) is 0 Å². The van der Waals surface area contributed by atoms with E-state index in [-0.39, 0.29) is 18.1 Å².